The van der Waals surface area contributed by atoms with E-state index in [2.05, 4.69) is 36.2 Å². The van der Waals surface area contributed by atoms with Crippen LogP contribution < -0.4 is 10.2 Å². The molecule has 1 aliphatic rings. The molecule has 118 valence electrons. The van der Waals surface area contributed by atoms with Gasteiger partial charge in [-0.2, -0.15) is 0 Å². The zero-order chi connectivity index (χ0) is 15.4. The molecule has 1 fully saturated rings. The molecular formula is C16H25ClN2O2. The number of benzene rings is 1. The number of nitrogens with one attached hydrogen (secondary N) is 1. The Balaban J connectivity index is 2.08. The third-order valence-corrected chi connectivity index (χ3v) is 3.98. The van der Waals surface area contributed by atoms with Gasteiger partial charge in [0.15, 0.2) is 0 Å². The van der Waals surface area contributed by atoms with Gasteiger partial charge in [0.25, 0.3) is 0 Å². The lowest BCUT2D eigenvalue weighted by atomic mass is 10.1. The lowest BCUT2D eigenvalue weighted by Gasteiger charge is -2.37. The largest absolute Gasteiger partial charge is 0.394 e. The quantitative estimate of drug-likeness (QED) is 0.876. The van der Waals surface area contributed by atoms with Crippen LogP contribution in [0.1, 0.15) is 26.3 Å². The molecular weight excluding hydrogens is 288 g/mol. The molecule has 0 radical (unpaired) electrons. The van der Waals surface area contributed by atoms with Crippen LogP contribution in [0.5, 0.6) is 0 Å². The van der Waals surface area contributed by atoms with Crippen molar-refractivity contribution < 1.29 is 9.84 Å². The summed E-state index contributed by atoms with van der Waals surface area (Å²) in [5.41, 5.74) is 2.19. The topological polar surface area (TPSA) is 44.7 Å². The summed E-state index contributed by atoms with van der Waals surface area (Å²) in [6.07, 6.45) is -0.0215. The molecule has 1 aliphatic heterocycles. The summed E-state index contributed by atoms with van der Waals surface area (Å²) in [6, 6.07) is 6.61. The van der Waals surface area contributed by atoms with E-state index in [0.29, 0.717) is 12.6 Å². The van der Waals surface area contributed by atoms with Gasteiger partial charge >= 0.3 is 0 Å². The summed E-state index contributed by atoms with van der Waals surface area (Å²) in [7, 11) is 0. The Morgan fingerprint density at radius 1 is 1.43 bits per heavy atom. The van der Waals surface area contributed by atoms with E-state index >= 15 is 0 Å². The molecule has 2 unspecified atom stereocenters. The maximum absolute atomic E-state index is 9.31. The van der Waals surface area contributed by atoms with E-state index in [0.717, 1.165) is 29.4 Å². The van der Waals surface area contributed by atoms with Gasteiger partial charge in [0.1, 0.15) is 0 Å². The summed E-state index contributed by atoms with van der Waals surface area (Å²) in [5.74, 6) is 0. The highest BCUT2D eigenvalue weighted by Crippen LogP contribution is 2.26. The third kappa shape index (κ3) is 4.58. The summed E-state index contributed by atoms with van der Waals surface area (Å²) in [4.78, 5) is 2.22. The van der Waals surface area contributed by atoms with E-state index < -0.39 is 0 Å². The van der Waals surface area contributed by atoms with Crippen molar-refractivity contribution in [1.82, 2.24) is 5.32 Å². The molecule has 1 aromatic rings. The van der Waals surface area contributed by atoms with E-state index in [-0.39, 0.29) is 18.8 Å². The Labute approximate surface area is 132 Å². The van der Waals surface area contributed by atoms with Crippen LogP contribution in [0.3, 0.4) is 0 Å². The van der Waals surface area contributed by atoms with E-state index in [9.17, 15) is 5.11 Å². The van der Waals surface area contributed by atoms with Crippen LogP contribution in [0.2, 0.25) is 5.02 Å². The first-order chi connectivity index (χ1) is 9.99. The summed E-state index contributed by atoms with van der Waals surface area (Å²) < 4.78 is 5.67. The lowest BCUT2D eigenvalue weighted by Crippen LogP contribution is -2.48. The molecule has 2 rings (SSSR count). The van der Waals surface area contributed by atoms with Gasteiger partial charge in [-0.25, -0.2) is 0 Å². The monoisotopic (exact) mass is 312 g/mol. The minimum atomic E-state index is -0.130. The van der Waals surface area contributed by atoms with Crippen LogP contribution in [-0.4, -0.2) is 43.1 Å². The van der Waals surface area contributed by atoms with Crippen molar-refractivity contribution in [1.29, 1.82) is 0 Å². The fourth-order valence-corrected chi connectivity index (χ4v) is 2.79. The molecule has 1 aromatic carbocycles. The van der Waals surface area contributed by atoms with Gasteiger partial charge in [-0.15, -0.1) is 0 Å². The van der Waals surface area contributed by atoms with Gasteiger partial charge in [-0.3, -0.25) is 0 Å². The molecule has 0 aromatic heterocycles. The molecule has 2 atom stereocenters. The number of anilines is 1. The van der Waals surface area contributed by atoms with Gasteiger partial charge in [0.2, 0.25) is 0 Å². The van der Waals surface area contributed by atoms with E-state index in [4.69, 9.17) is 16.3 Å². The van der Waals surface area contributed by atoms with Crippen molar-refractivity contribution in [3.8, 4) is 0 Å². The summed E-state index contributed by atoms with van der Waals surface area (Å²) >= 11 is 6.39. The number of morpholine rings is 1. The lowest BCUT2D eigenvalue weighted by molar-refractivity contribution is -0.0421. The second-order valence-electron chi connectivity index (χ2n) is 5.97. The molecule has 0 aliphatic carbocycles. The van der Waals surface area contributed by atoms with Crippen molar-refractivity contribution in [2.45, 2.75) is 45.6 Å². The van der Waals surface area contributed by atoms with E-state index in [1.807, 2.05) is 13.0 Å². The van der Waals surface area contributed by atoms with Gasteiger partial charge in [0.05, 0.1) is 18.8 Å². The molecule has 4 nitrogen and oxygen atoms in total. The van der Waals surface area contributed by atoms with Crippen molar-refractivity contribution in [3.63, 3.8) is 0 Å². The van der Waals surface area contributed by atoms with Crippen molar-refractivity contribution in [3.05, 3.63) is 28.8 Å². The van der Waals surface area contributed by atoms with Gasteiger partial charge in [-0.05, 0) is 24.6 Å². The van der Waals surface area contributed by atoms with Crippen LogP contribution in [0, 0.1) is 0 Å². The average molecular weight is 313 g/mol. The second kappa shape index (κ2) is 7.45. The van der Waals surface area contributed by atoms with Gasteiger partial charge < -0.3 is 20.1 Å². The van der Waals surface area contributed by atoms with Crippen molar-refractivity contribution in [2.24, 2.45) is 0 Å². The fourth-order valence-electron chi connectivity index (χ4n) is 2.55. The molecule has 0 bridgehead atoms. The maximum atomic E-state index is 9.31. The maximum Gasteiger partial charge on any atom is 0.0984 e. The molecule has 2 N–H and O–H groups in total. The number of nitrogens with zero attached hydrogens (tertiary/aromatic N) is 1. The normalized spacial score (nSPS) is 22.9. The predicted molar refractivity (Wildman–Crippen MR) is 87.1 cm³/mol. The zero-order valence-corrected chi connectivity index (χ0v) is 13.7. The van der Waals surface area contributed by atoms with Crippen molar-refractivity contribution in [2.75, 3.05) is 24.6 Å². The van der Waals surface area contributed by atoms with Crippen LogP contribution in [0.15, 0.2) is 18.2 Å². The molecule has 1 saturated heterocycles. The van der Waals surface area contributed by atoms with Crippen molar-refractivity contribution >= 4 is 17.3 Å². The smallest absolute Gasteiger partial charge is 0.0984 e. The molecule has 0 spiro atoms. The molecule has 5 heteroatoms. The third-order valence-electron chi connectivity index (χ3n) is 3.63. The molecule has 0 amide bonds. The van der Waals surface area contributed by atoms with Crippen LogP contribution in [-0.2, 0) is 11.3 Å². The predicted octanol–water partition coefficient (Wildman–Crippen LogP) is 2.42. The minimum Gasteiger partial charge on any atom is -0.394 e. The highest BCUT2D eigenvalue weighted by molar-refractivity contribution is 6.31. The number of ether oxygens (including phenoxy) is 1. The summed E-state index contributed by atoms with van der Waals surface area (Å²) in [5, 5.41) is 13.5. The Kier molecular flexibility index (Phi) is 5.88. The Bertz CT molecular complexity index is 468. The number of aliphatic hydroxyl groups is 1. The molecule has 0 saturated carbocycles. The molecule has 21 heavy (non-hydrogen) atoms. The average Bonchev–Trinajstić information content (AvgIpc) is 2.45. The van der Waals surface area contributed by atoms with E-state index in [1.165, 1.54) is 0 Å². The first-order valence-electron chi connectivity index (χ1n) is 7.52. The summed E-state index contributed by atoms with van der Waals surface area (Å²) in [6.45, 7) is 8.59. The second-order valence-corrected chi connectivity index (χ2v) is 6.37. The zero-order valence-electron chi connectivity index (χ0n) is 13.0. The number of rotatable bonds is 5. The van der Waals surface area contributed by atoms with Crippen LogP contribution >= 0.6 is 11.6 Å². The Morgan fingerprint density at radius 2 is 2.19 bits per heavy atom. The number of halogens is 1. The number of aliphatic hydroxyl groups excluding tert-OH is 1. The van der Waals surface area contributed by atoms with Crippen LogP contribution in [0.25, 0.3) is 0 Å². The highest BCUT2D eigenvalue weighted by atomic mass is 35.5. The van der Waals surface area contributed by atoms with Gasteiger partial charge in [0, 0.05) is 36.4 Å². The first-order valence-corrected chi connectivity index (χ1v) is 7.90. The first kappa shape index (κ1) is 16.6. The standard InChI is InChI=1S/C16H25ClN2O2/c1-11(2)18-7-13-4-5-14(6-16(13)17)19-8-12(3)21-15(9-19)10-20/h4-6,11-12,15,18,20H,7-10H2,1-3H3. The van der Waals surface area contributed by atoms with Crippen LogP contribution in [0.4, 0.5) is 5.69 Å². The Hall–Kier alpha value is -0.810. The van der Waals surface area contributed by atoms with E-state index in [1.54, 1.807) is 0 Å². The number of hydrogen-bond acceptors (Lipinski definition) is 4. The number of hydrogen-bond donors (Lipinski definition) is 2. The highest BCUT2D eigenvalue weighted by Gasteiger charge is 2.25. The SMILES string of the molecule is CC(C)NCc1ccc(N2CC(C)OC(CO)C2)cc1Cl. The van der Waals surface area contributed by atoms with Gasteiger partial charge in [-0.1, -0.05) is 31.5 Å². The Morgan fingerprint density at radius 3 is 2.81 bits per heavy atom. The minimum absolute atomic E-state index is 0.0466. The fraction of sp³-hybridized carbons (Fsp3) is 0.625. The molecule has 1 heterocycles.